The predicted octanol–water partition coefficient (Wildman–Crippen LogP) is 3.56. The maximum absolute atomic E-state index is 12.7. The van der Waals surface area contributed by atoms with Crippen LogP contribution in [0.1, 0.15) is 5.56 Å². The lowest BCUT2D eigenvalue weighted by Crippen LogP contribution is -2.42. The number of aromatic nitrogens is 1. The van der Waals surface area contributed by atoms with Crippen LogP contribution in [0.25, 0.3) is 10.9 Å². The minimum Gasteiger partial charge on any atom is -0.378 e. The van der Waals surface area contributed by atoms with E-state index >= 15 is 0 Å². The Labute approximate surface area is 190 Å². The van der Waals surface area contributed by atoms with Crippen LogP contribution in [-0.2, 0) is 27.4 Å². The molecule has 0 saturated carbocycles. The van der Waals surface area contributed by atoms with Crippen LogP contribution in [-0.4, -0.2) is 53.3 Å². The second-order valence-electron chi connectivity index (χ2n) is 7.29. The summed E-state index contributed by atoms with van der Waals surface area (Å²) in [5.41, 5.74) is 1.88. The summed E-state index contributed by atoms with van der Waals surface area (Å²) >= 11 is 7.62. The van der Waals surface area contributed by atoms with E-state index in [0.717, 1.165) is 21.4 Å². The maximum atomic E-state index is 12.7. The first-order valence-electron chi connectivity index (χ1n) is 10.2. The first-order chi connectivity index (χ1) is 15.1. The number of benzene rings is 2. The molecule has 0 radical (unpaired) electrons. The molecule has 6 nitrogen and oxygen atoms in total. The quantitative estimate of drug-likeness (QED) is 0.551. The van der Waals surface area contributed by atoms with Crippen LogP contribution < -0.4 is 5.32 Å². The van der Waals surface area contributed by atoms with Gasteiger partial charge in [0.15, 0.2) is 0 Å². The van der Waals surface area contributed by atoms with E-state index in [4.69, 9.17) is 16.3 Å². The first-order valence-corrected chi connectivity index (χ1v) is 11.5. The molecule has 0 aliphatic carbocycles. The van der Waals surface area contributed by atoms with E-state index in [1.54, 1.807) is 0 Å². The van der Waals surface area contributed by atoms with Gasteiger partial charge in [0.05, 0.1) is 19.0 Å². The SMILES string of the molecule is O=C(CSc1cn(CC(=O)N2CCOCC2)c2ccccc12)NCc1ccccc1Cl. The topological polar surface area (TPSA) is 63.6 Å². The second kappa shape index (κ2) is 10.2. The molecule has 1 saturated heterocycles. The third-order valence-corrected chi connectivity index (χ3v) is 6.63. The largest absolute Gasteiger partial charge is 0.378 e. The van der Waals surface area contributed by atoms with Gasteiger partial charge in [-0.2, -0.15) is 0 Å². The highest BCUT2D eigenvalue weighted by Crippen LogP contribution is 2.30. The minimum absolute atomic E-state index is 0.0638. The molecule has 2 amide bonds. The fraction of sp³-hybridized carbons (Fsp3) is 0.304. The van der Waals surface area contributed by atoms with Crippen LogP contribution in [0.5, 0.6) is 0 Å². The molecule has 1 fully saturated rings. The van der Waals surface area contributed by atoms with Crippen molar-refractivity contribution in [3.05, 3.63) is 65.3 Å². The minimum atomic E-state index is -0.0638. The summed E-state index contributed by atoms with van der Waals surface area (Å²) in [6, 6.07) is 15.4. The molecule has 0 spiro atoms. The third kappa shape index (κ3) is 5.42. The second-order valence-corrected chi connectivity index (χ2v) is 8.71. The third-order valence-electron chi connectivity index (χ3n) is 5.21. The number of nitrogens with zero attached hydrogens (tertiary/aromatic N) is 2. The predicted molar refractivity (Wildman–Crippen MR) is 123 cm³/mol. The Balaban J connectivity index is 1.40. The number of rotatable bonds is 7. The molecule has 4 rings (SSSR count). The average Bonchev–Trinajstić information content (AvgIpc) is 3.15. The van der Waals surface area contributed by atoms with Crippen molar-refractivity contribution < 1.29 is 14.3 Å². The van der Waals surface area contributed by atoms with E-state index in [1.165, 1.54) is 11.8 Å². The van der Waals surface area contributed by atoms with E-state index in [9.17, 15) is 9.59 Å². The zero-order valence-electron chi connectivity index (χ0n) is 17.1. The number of carbonyl (C=O) groups excluding carboxylic acids is 2. The Hall–Kier alpha value is -2.48. The van der Waals surface area contributed by atoms with E-state index in [2.05, 4.69) is 5.32 Å². The van der Waals surface area contributed by atoms with Crippen molar-refractivity contribution in [2.45, 2.75) is 18.0 Å². The van der Waals surface area contributed by atoms with Gasteiger partial charge in [0.1, 0.15) is 6.54 Å². The summed E-state index contributed by atoms with van der Waals surface area (Å²) in [4.78, 5) is 27.9. The van der Waals surface area contributed by atoms with E-state index in [-0.39, 0.29) is 24.1 Å². The van der Waals surface area contributed by atoms with Gasteiger partial charge in [0.25, 0.3) is 0 Å². The zero-order valence-corrected chi connectivity index (χ0v) is 18.6. The number of fused-ring (bicyclic) bond motifs is 1. The molecule has 2 aromatic carbocycles. The number of thioether (sulfide) groups is 1. The Morgan fingerprint density at radius 3 is 2.61 bits per heavy atom. The number of para-hydroxylation sites is 1. The molecule has 1 N–H and O–H groups in total. The lowest BCUT2D eigenvalue weighted by molar-refractivity contribution is -0.135. The molecule has 1 aliphatic rings. The van der Waals surface area contributed by atoms with Gasteiger partial charge in [-0.1, -0.05) is 48.0 Å². The van der Waals surface area contributed by atoms with Crippen LogP contribution >= 0.6 is 23.4 Å². The molecular formula is C23H24ClN3O3S. The van der Waals surface area contributed by atoms with Crippen molar-refractivity contribution in [1.29, 1.82) is 0 Å². The van der Waals surface area contributed by atoms with Crippen LogP contribution in [0.3, 0.4) is 0 Å². The number of nitrogens with one attached hydrogen (secondary N) is 1. The van der Waals surface area contributed by atoms with Crippen LogP contribution in [0.15, 0.2) is 59.6 Å². The van der Waals surface area contributed by atoms with Crippen molar-refractivity contribution in [3.8, 4) is 0 Å². The van der Waals surface area contributed by atoms with Crippen LogP contribution in [0.4, 0.5) is 0 Å². The van der Waals surface area contributed by atoms with Crippen LogP contribution in [0.2, 0.25) is 5.02 Å². The first kappa shape index (κ1) is 21.7. The molecule has 1 aliphatic heterocycles. The van der Waals surface area contributed by atoms with E-state index in [0.29, 0.717) is 37.9 Å². The van der Waals surface area contributed by atoms with Gasteiger partial charge in [-0.15, -0.1) is 11.8 Å². The Morgan fingerprint density at radius 1 is 1.06 bits per heavy atom. The molecule has 162 valence electrons. The summed E-state index contributed by atoms with van der Waals surface area (Å²) in [7, 11) is 0. The molecular weight excluding hydrogens is 434 g/mol. The number of hydrogen-bond acceptors (Lipinski definition) is 4. The zero-order chi connectivity index (χ0) is 21.6. The molecule has 2 heterocycles. The fourth-order valence-corrected chi connectivity index (χ4v) is 4.67. The van der Waals surface area contributed by atoms with Crippen molar-refractivity contribution >= 4 is 46.1 Å². The normalized spacial score (nSPS) is 14.0. The molecule has 1 aromatic heterocycles. The fourth-order valence-electron chi connectivity index (χ4n) is 3.55. The Bertz CT molecular complexity index is 1080. The number of hydrogen-bond donors (Lipinski definition) is 1. The molecule has 31 heavy (non-hydrogen) atoms. The lowest BCUT2D eigenvalue weighted by Gasteiger charge is -2.27. The van der Waals surface area contributed by atoms with E-state index < -0.39 is 0 Å². The smallest absolute Gasteiger partial charge is 0.242 e. The Kier molecular flexibility index (Phi) is 7.17. The highest BCUT2D eigenvalue weighted by molar-refractivity contribution is 8.00. The molecule has 8 heteroatoms. The van der Waals surface area contributed by atoms with E-state index in [1.807, 2.05) is 64.2 Å². The summed E-state index contributed by atoms with van der Waals surface area (Å²) < 4.78 is 7.30. The number of carbonyl (C=O) groups is 2. The van der Waals surface area contributed by atoms with Gasteiger partial charge in [0, 0.05) is 46.7 Å². The molecule has 0 bridgehead atoms. The highest BCUT2D eigenvalue weighted by Gasteiger charge is 2.19. The maximum Gasteiger partial charge on any atom is 0.242 e. The number of ether oxygens (including phenoxy) is 1. The average molecular weight is 458 g/mol. The molecule has 0 unspecified atom stereocenters. The van der Waals surface area contributed by atoms with Crippen molar-refractivity contribution in [2.24, 2.45) is 0 Å². The number of amides is 2. The number of halogens is 1. The standard InChI is InChI=1S/C23H24ClN3O3S/c24-19-7-3-1-5-17(19)13-25-22(28)16-31-21-14-27(20-8-4-2-6-18(20)21)15-23(29)26-9-11-30-12-10-26/h1-8,14H,9-13,15-16H2,(H,25,28). The van der Waals surface area contributed by atoms with Crippen molar-refractivity contribution in [2.75, 3.05) is 32.1 Å². The van der Waals surface area contributed by atoms with Gasteiger partial charge in [-0.25, -0.2) is 0 Å². The molecule has 0 atom stereocenters. The monoisotopic (exact) mass is 457 g/mol. The Morgan fingerprint density at radius 2 is 1.81 bits per heavy atom. The number of morpholine rings is 1. The summed E-state index contributed by atoms with van der Waals surface area (Å²) in [6.45, 7) is 3.11. The van der Waals surface area contributed by atoms with Gasteiger partial charge in [-0.05, 0) is 17.7 Å². The van der Waals surface area contributed by atoms with Gasteiger partial charge in [0.2, 0.25) is 11.8 Å². The summed E-state index contributed by atoms with van der Waals surface area (Å²) in [5.74, 6) is 0.305. The van der Waals surface area contributed by atoms with Gasteiger partial charge in [-0.3, -0.25) is 9.59 Å². The van der Waals surface area contributed by atoms with Crippen LogP contribution in [0, 0.1) is 0 Å². The van der Waals surface area contributed by atoms with Crippen molar-refractivity contribution in [3.63, 3.8) is 0 Å². The lowest BCUT2D eigenvalue weighted by atomic mass is 10.2. The molecule has 3 aromatic rings. The van der Waals surface area contributed by atoms with Gasteiger partial charge >= 0.3 is 0 Å². The highest BCUT2D eigenvalue weighted by atomic mass is 35.5. The summed E-state index contributed by atoms with van der Waals surface area (Å²) in [5, 5.41) is 4.60. The summed E-state index contributed by atoms with van der Waals surface area (Å²) in [6.07, 6.45) is 1.97. The van der Waals surface area contributed by atoms with Gasteiger partial charge < -0.3 is 19.5 Å². The van der Waals surface area contributed by atoms with Crippen molar-refractivity contribution in [1.82, 2.24) is 14.8 Å².